The normalized spacial score (nSPS) is 14.3. The van der Waals surface area contributed by atoms with Crippen LogP contribution in [0.2, 0.25) is 0 Å². The minimum atomic E-state index is -1.19. The quantitative estimate of drug-likeness (QED) is 0.151. The fourth-order valence-electron chi connectivity index (χ4n) is 3.89. The topological polar surface area (TPSA) is 195 Å². The first-order valence-corrected chi connectivity index (χ1v) is 13.5. The van der Waals surface area contributed by atoms with Gasteiger partial charge in [0.2, 0.25) is 17.7 Å². The van der Waals surface area contributed by atoms with Crippen molar-refractivity contribution >= 4 is 46.4 Å². The number of rotatable bonds is 14. The second-order valence-corrected chi connectivity index (χ2v) is 9.91. The Kier molecular flexibility index (Phi) is 10.3. The van der Waals surface area contributed by atoms with Gasteiger partial charge in [-0.2, -0.15) is 11.8 Å². The fourth-order valence-corrected chi connectivity index (χ4v) is 4.36. The van der Waals surface area contributed by atoms with E-state index >= 15 is 0 Å². The van der Waals surface area contributed by atoms with E-state index in [1.807, 2.05) is 30.5 Å². The van der Waals surface area contributed by atoms with Gasteiger partial charge in [0.25, 0.3) is 0 Å². The van der Waals surface area contributed by atoms with Crippen LogP contribution in [0.25, 0.3) is 10.9 Å². The number of aliphatic carboxylic acids is 1. The molecule has 0 radical (unpaired) electrons. The molecule has 4 unspecified atom stereocenters. The summed E-state index contributed by atoms with van der Waals surface area (Å²) in [6.45, 7) is 1.34. The van der Waals surface area contributed by atoms with Crippen molar-refractivity contribution in [3.63, 3.8) is 0 Å². The third kappa shape index (κ3) is 7.83. The van der Waals surface area contributed by atoms with Crippen LogP contribution in [0.4, 0.5) is 0 Å². The molecule has 0 aliphatic carbocycles. The van der Waals surface area contributed by atoms with Gasteiger partial charge in [-0.1, -0.05) is 18.2 Å². The van der Waals surface area contributed by atoms with E-state index in [4.69, 9.17) is 10.8 Å². The van der Waals surface area contributed by atoms with Gasteiger partial charge in [0.05, 0.1) is 12.4 Å². The maximum absolute atomic E-state index is 13.3. The Balaban J connectivity index is 1.72. The third-order valence-corrected chi connectivity index (χ3v) is 6.68. The number of aromatic amines is 2. The van der Waals surface area contributed by atoms with Gasteiger partial charge in [-0.15, -0.1) is 0 Å². The number of nitrogens with two attached hydrogens (primary N) is 1. The van der Waals surface area contributed by atoms with Crippen molar-refractivity contribution in [2.75, 3.05) is 12.0 Å². The summed E-state index contributed by atoms with van der Waals surface area (Å²) in [5.74, 6) is -2.39. The molecule has 0 saturated heterocycles. The zero-order valence-corrected chi connectivity index (χ0v) is 22.0. The lowest BCUT2D eigenvalue weighted by atomic mass is 10.0. The first-order chi connectivity index (χ1) is 18.2. The molecule has 13 heteroatoms. The monoisotopic (exact) mass is 543 g/mol. The van der Waals surface area contributed by atoms with Gasteiger partial charge in [0, 0.05) is 35.4 Å². The summed E-state index contributed by atoms with van der Waals surface area (Å²) in [5, 5.41) is 17.9. The van der Waals surface area contributed by atoms with E-state index < -0.39 is 47.9 Å². The van der Waals surface area contributed by atoms with Crippen LogP contribution in [0, 0.1) is 0 Å². The molecule has 4 atom stereocenters. The fraction of sp³-hybridized carbons (Fsp3) is 0.400. The zero-order chi connectivity index (χ0) is 27.7. The Morgan fingerprint density at radius 3 is 2.42 bits per heavy atom. The third-order valence-electron chi connectivity index (χ3n) is 6.04. The number of hydrogen-bond acceptors (Lipinski definition) is 7. The van der Waals surface area contributed by atoms with Gasteiger partial charge in [-0.25, -0.2) is 4.98 Å². The zero-order valence-electron chi connectivity index (χ0n) is 21.2. The predicted molar refractivity (Wildman–Crippen MR) is 144 cm³/mol. The second kappa shape index (κ2) is 13.6. The van der Waals surface area contributed by atoms with Gasteiger partial charge >= 0.3 is 5.97 Å². The van der Waals surface area contributed by atoms with Crippen LogP contribution in [0.3, 0.4) is 0 Å². The van der Waals surface area contributed by atoms with Crippen LogP contribution in [0.1, 0.15) is 24.6 Å². The molecule has 8 N–H and O–H groups in total. The van der Waals surface area contributed by atoms with E-state index in [-0.39, 0.29) is 19.3 Å². The number of amides is 3. The Morgan fingerprint density at radius 2 is 1.74 bits per heavy atom. The molecule has 204 valence electrons. The lowest BCUT2D eigenvalue weighted by molar-refractivity contribution is -0.141. The molecule has 1 aromatic carbocycles. The number of para-hydroxylation sites is 1. The second-order valence-electron chi connectivity index (χ2n) is 8.92. The molecule has 2 heterocycles. The number of carbonyl (C=O) groups is 4. The molecule has 0 aliphatic heterocycles. The first kappa shape index (κ1) is 28.7. The molecular formula is C25H33N7O5S. The Labute approximate surface area is 223 Å². The highest BCUT2D eigenvalue weighted by molar-refractivity contribution is 7.98. The van der Waals surface area contributed by atoms with Crippen LogP contribution >= 0.6 is 11.8 Å². The highest BCUT2D eigenvalue weighted by Crippen LogP contribution is 2.19. The molecule has 0 fully saturated rings. The average molecular weight is 544 g/mol. The van der Waals surface area contributed by atoms with Gasteiger partial charge in [0.1, 0.15) is 18.1 Å². The molecule has 38 heavy (non-hydrogen) atoms. The summed E-state index contributed by atoms with van der Waals surface area (Å²) in [6.07, 6.45) is 7.25. The van der Waals surface area contributed by atoms with E-state index in [2.05, 4.69) is 30.9 Å². The van der Waals surface area contributed by atoms with Crippen LogP contribution in [0.5, 0.6) is 0 Å². The molecule has 3 aromatic rings. The van der Waals surface area contributed by atoms with E-state index in [0.29, 0.717) is 11.4 Å². The maximum Gasteiger partial charge on any atom is 0.325 e. The van der Waals surface area contributed by atoms with Crippen molar-refractivity contribution in [1.82, 2.24) is 30.9 Å². The number of carbonyl (C=O) groups excluding carboxylic acids is 3. The number of carboxylic acids is 1. The Hall–Kier alpha value is -3.84. The highest BCUT2D eigenvalue weighted by atomic mass is 32.2. The summed E-state index contributed by atoms with van der Waals surface area (Å²) in [4.78, 5) is 60.3. The van der Waals surface area contributed by atoms with Crippen LogP contribution < -0.4 is 21.7 Å². The standard InChI is InChI=1S/C25H33N7O5S/c1-14(25(36)37)30-23(34)20(7-8-38-2)31-24(35)21(10-16-12-27-13-29-16)32-22(33)18(26)9-15-11-28-19-6-4-3-5-17(15)19/h3-6,11-14,18,20-21,28H,7-10,26H2,1-2H3,(H,27,29)(H,30,34)(H,31,35)(H,32,33)(H,36,37). The number of hydrogen-bond donors (Lipinski definition) is 7. The minimum Gasteiger partial charge on any atom is -0.480 e. The van der Waals surface area contributed by atoms with E-state index in [1.54, 1.807) is 6.20 Å². The van der Waals surface area contributed by atoms with Gasteiger partial charge in [-0.3, -0.25) is 19.2 Å². The molecule has 0 spiro atoms. The van der Waals surface area contributed by atoms with E-state index in [9.17, 15) is 19.2 Å². The Morgan fingerprint density at radius 1 is 1.03 bits per heavy atom. The number of H-pyrrole nitrogens is 2. The first-order valence-electron chi connectivity index (χ1n) is 12.1. The van der Waals surface area contributed by atoms with Gasteiger partial charge in [-0.05, 0) is 43.4 Å². The molecule has 2 aromatic heterocycles. The van der Waals surface area contributed by atoms with E-state index in [1.165, 1.54) is 31.2 Å². The highest BCUT2D eigenvalue weighted by Gasteiger charge is 2.30. The number of imidazole rings is 1. The predicted octanol–water partition coefficient (Wildman–Crippen LogP) is 0.316. The molecule has 3 amide bonds. The van der Waals surface area contributed by atoms with Crippen molar-refractivity contribution in [2.45, 2.75) is 50.4 Å². The average Bonchev–Trinajstić information content (AvgIpc) is 3.56. The van der Waals surface area contributed by atoms with Crippen molar-refractivity contribution in [3.8, 4) is 0 Å². The maximum atomic E-state index is 13.3. The van der Waals surface area contributed by atoms with Gasteiger partial charge < -0.3 is 36.8 Å². The number of thioether (sulfide) groups is 1. The number of benzene rings is 1. The number of nitrogens with one attached hydrogen (secondary N) is 5. The van der Waals surface area contributed by atoms with E-state index in [0.717, 1.165) is 16.5 Å². The molecule has 0 aliphatic rings. The van der Waals surface area contributed by atoms with Crippen LogP contribution in [-0.2, 0) is 32.0 Å². The number of carboxylic acid groups (broad SMARTS) is 1. The number of nitrogens with zero attached hydrogens (tertiary/aromatic N) is 1. The molecular weight excluding hydrogens is 510 g/mol. The van der Waals surface area contributed by atoms with Crippen LogP contribution in [-0.4, -0.2) is 79.9 Å². The molecule has 0 bridgehead atoms. The Bertz CT molecular complexity index is 1250. The molecule has 12 nitrogen and oxygen atoms in total. The van der Waals surface area contributed by atoms with Crippen molar-refractivity contribution < 1.29 is 24.3 Å². The largest absolute Gasteiger partial charge is 0.480 e. The summed E-state index contributed by atoms with van der Waals surface area (Å²) < 4.78 is 0. The van der Waals surface area contributed by atoms with Crippen molar-refractivity contribution in [1.29, 1.82) is 0 Å². The lowest BCUT2D eigenvalue weighted by Gasteiger charge is -2.24. The number of aromatic nitrogens is 3. The van der Waals surface area contributed by atoms with Crippen molar-refractivity contribution in [2.24, 2.45) is 5.73 Å². The van der Waals surface area contributed by atoms with Gasteiger partial charge in [0.15, 0.2) is 0 Å². The summed E-state index contributed by atoms with van der Waals surface area (Å²) >= 11 is 1.48. The molecule has 0 saturated carbocycles. The summed E-state index contributed by atoms with van der Waals surface area (Å²) in [7, 11) is 0. The van der Waals surface area contributed by atoms with Crippen molar-refractivity contribution in [3.05, 3.63) is 54.2 Å². The minimum absolute atomic E-state index is 0.0831. The molecule has 3 rings (SSSR count). The number of fused-ring (bicyclic) bond motifs is 1. The lowest BCUT2D eigenvalue weighted by Crippen LogP contribution is -2.57. The summed E-state index contributed by atoms with van der Waals surface area (Å²) in [5.41, 5.74) is 8.62. The summed E-state index contributed by atoms with van der Waals surface area (Å²) in [6, 6.07) is 3.56. The van der Waals surface area contributed by atoms with Crippen LogP contribution in [0.15, 0.2) is 43.0 Å². The SMILES string of the molecule is CSCCC(NC(=O)C(Cc1cnc[nH]1)NC(=O)C(N)Cc1c[nH]c2ccccc12)C(=O)NC(C)C(=O)O. The smallest absolute Gasteiger partial charge is 0.325 e.